The number of aryl methyl sites for hydroxylation is 1. The van der Waals surface area contributed by atoms with Crippen LogP contribution in [0.4, 0.5) is 0 Å². The first-order chi connectivity index (χ1) is 13.2. The van der Waals surface area contributed by atoms with Crippen molar-refractivity contribution >= 4 is 5.91 Å². The Bertz CT molecular complexity index is 791. The van der Waals surface area contributed by atoms with Gasteiger partial charge in [0, 0.05) is 25.6 Å². The molecule has 0 radical (unpaired) electrons. The lowest BCUT2D eigenvalue weighted by Gasteiger charge is -2.28. The van der Waals surface area contributed by atoms with Crippen molar-refractivity contribution in [1.82, 2.24) is 20.0 Å². The molecule has 1 aromatic carbocycles. The van der Waals surface area contributed by atoms with E-state index in [2.05, 4.69) is 52.2 Å². The molecule has 0 spiro atoms. The second-order valence-corrected chi connectivity index (χ2v) is 7.88. The van der Waals surface area contributed by atoms with Crippen LogP contribution in [-0.4, -0.2) is 27.1 Å². The number of nitrogens with zero attached hydrogens (tertiary/aromatic N) is 3. The van der Waals surface area contributed by atoms with Gasteiger partial charge in [0.25, 0.3) is 0 Å². The lowest BCUT2D eigenvalue weighted by atomic mass is 10.0. The average molecular weight is 367 g/mol. The molecule has 0 bridgehead atoms. The summed E-state index contributed by atoms with van der Waals surface area (Å²) in [4.78, 5) is 14.7. The van der Waals surface area contributed by atoms with Gasteiger partial charge in [-0.25, -0.2) is 0 Å². The molecule has 27 heavy (non-hydrogen) atoms. The number of carbonyl (C=O) groups is 1. The predicted octanol–water partition coefficient (Wildman–Crippen LogP) is 3.27. The number of hydrogen-bond acceptors (Lipinski definition) is 3. The molecule has 0 saturated heterocycles. The fraction of sp³-hybridized carbons (Fsp3) is 0.545. The average Bonchev–Trinajstić information content (AvgIpc) is 3.36. The molecule has 144 valence electrons. The van der Waals surface area contributed by atoms with E-state index in [1.54, 1.807) is 0 Å². The van der Waals surface area contributed by atoms with E-state index < -0.39 is 0 Å². The van der Waals surface area contributed by atoms with Crippen LogP contribution < -0.4 is 5.32 Å². The highest BCUT2D eigenvalue weighted by Gasteiger charge is 2.23. The number of aromatic nitrogens is 2. The van der Waals surface area contributed by atoms with E-state index in [1.807, 2.05) is 0 Å². The highest BCUT2D eigenvalue weighted by Crippen LogP contribution is 2.25. The summed E-state index contributed by atoms with van der Waals surface area (Å²) in [5, 5.41) is 7.79. The Hall–Kier alpha value is -2.14. The zero-order chi connectivity index (χ0) is 18.6. The van der Waals surface area contributed by atoms with Crippen LogP contribution in [0.5, 0.6) is 0 Å². The largest absolute Gasteiger partial charge is 0.350 e. The Morgan fingerprint density at radius 2 is 1.96 bits per heavy atom. The number of hydrogen-bond donors (Lipinski definition) is 1. The molecule has 2 heterocycles. The number of carbonyl (C=O) groups excluding carboxylic acids is 1. The van der Waals surface area contributed by atoms with Gasteiger partial charge in [0.2, 0.25) is 5.91 Å². The smallest absolute Gasteiger partial charge is 0.223 e. The topological polar surface area (TPSA) is 50.2 Å². The Kier molecular flexibility index (Phi) is 5.58. The van der Waals surface area contributed by atoms with E-state index in [9.17, 15) is 4.79 Å². The Morgan fingerprint density at radius 3 is 2.74 bits per heavy atom. The highest BCUT2D eigenvalue weighted by molar-refractivity contribution is 5.78. The summed E-state index contributed by atoms with van der Waals surface area (Å²) < 4.78 is 2.11. The standard InChI is InChI=1S/C22H30N4O/c1-2-17-7-3-6-10-19(17)15-25-11-12-26-21(16-25)13-20(24-26)14-23-22(27)18-8-4-5-9-18/h3,6-7,10,13,18H,2,4-5,8-9,11-12,14-16H2,1H3,(H,23,27). The zero-order valence-corrected chi connectivity index (χ0v) is 16.3. The lowest BCUT2D eigenvalue weighted by Crippen LogP contribution is -2.33. The van der Waals surface area contributed by atoms with E-state index >= 15 is 0 Å². The van der Waals surface area contributed by atoms with Crippen LogP contribution in [0.1, 0.15) is 55.1 Å². The normalized spacial score (nSPS) is 17.8. The minimum atomic E-state index is 0.205. The molecule has 5 heteroatoms. The predicted molar refractivity (Wildman–Crippen MR) is 106 cm³/mol. The Labute approximate surface area is 161 Å². The van der Waals surface area contributed by atoms with Gasteiger partial charge in [0.05, 0.1) is 24.5 Å². The second kappa shape index (κ2) is 8.26. The SMILES string of the molecule is CCc1ccccc1CN1CCn2nc(CNC(=O)C3CCCC3)cc2C1. The van der Waals surface area contributed by atoms with E-state index in [4.69, 9.17) is 5.10 Å². The van der Waals surface area contributed by atoms with Crippen LogP contribution in [0.3, 0.4) is 0 Å². The van der Waals surface area contributed by atoms with Crippen molar-refractivity contribution in [3.8, 4) is 0 Å². The van der Waals surface area contributed by atoms with E-state index in [1.165, 1.54) is 29.7 Å². The third-order valence-electron chi connectivity index (χ3n) is 5.99. The third-order valence-corrected chi connectivity index (χ3v) is 5.99. The minimum Gasteiger partial charge on any atom is -0.350 e. The van der Waals surface area contributed by atoms with Gasteiger partial charge in [0.1, 0.15) is 0 Å². The van der Waals surface area contributed by atoms with Gasteiger partial charge >= 0.3 is 0 Å². The summed E-state index contributed by atoms with van der Waals surface area (Å²) in [7, 11) is 0. The molecule has 1 N–H and O–H groups in total. The Morgan fingerprint density at radius 1 is 1.19 bits per heavy atom. The summed E-state index contributed by atoms with van der Waals surface area (Å²) in [6.07, 6.45) is 5.54. The fourth-order valence-electron chi connectivity index (χ4n) is 4.41. The molecular weight excluding hydrogens is 336 g/mol. The highest BCUT2D eigenvalue weighted by atomic mass is 16.1. The van der Waals surface area contributed by atoms with Crippen molar-refractivity contribution in [2.24, 2.45) is 5.92 Å². The van der Waals surface area contributed by atoms with Crippen molar-refractivity contribution in [2.75, 3.05) is 6.54 Å². The molecule has 2 aromatic rings. The molecule has 2 aliphatic rings. The van der Waals surface area contributed by atoms with Crippen molar-refractivity contribution < 1.29 is 4.79 Å². The third kappa shape index (κ3) is 4.24. The Balaban J connectivity index is 1.35. The number of nitrogens with one attached hydrogen (secondary N) is 1. The first-order valence-corrected chi connectivity index (χ1v) is 10.4. The number of fused-ring (bicyclic) bond motifs is 1. The van der Waals surface area contributed by atoms with Crippen LogP contribution in [0.25, 0.3) is 0 Å². The van der Waals surface area contributed by atoms with Gasteiger partial charge in [-0.2, -0.15) is 5.10 Å². The van der Waals surface area contributed by atoms with Gasteiger partial charge in [-0.3, -0.25) is 14.4 Å². The van der Waals surface area contributed by atoms with Crippen molar-refractivity contribution in [3.05, 3.63) is 52.8 Å². The van der Waals surface area contributed by atoms with Crippen molar-refractivity contribution in [3.63, 3.8) is 0 Å². The number of rotatable bonds is 6. The zero-order valence-electron chi connectivity index (χ0n) is 16.3. The maximum Gasteiger partial charge on any atom is 0.223 e. The lowest BCUT2D eigenvalue weighted by molar-refractivity contribution is -0.124. The fourth-order valence-corrected chi connectivity index (χ4v) is 4.41. The quantitative estimate of drug-likeness (QED) is 0.854. The summed E-state index contributed by atoms with van der Waals surface area (Å²) in [5.74, 6) is 0.424. The summed E-state index contributed by atoms with van der Waals surface area (Å²) in [6, 6.07) is 10.9. The number of amides is 1. The maximum atomic E-state index is 12.2. The summed E-state index contributed by atoms with van der Waals surface area (Å²) in [5.41, 5.74) is 5.09. The van der Waals surface area contributed by atoms with Crippen molar-refractivity contribution in [1.29, 1.82) is 0 Å². The summed E-state index contributed by atoms with van der Waals surface area (Å²) in [6.45, 7) is 6.61. The molecule has 0 unspecified atom stereocenters. The first-order valence-electron chi connectivity index (χ1n) is 10.4. The molecule has 4 rings (SSSR count). The second-order valence-electron chi connectivity index (χ2n) is 7.88. The van der Waals surface area contributed by atoms with E-state index in [0.29, 0.717) is 6.54 Å². The first kappa shape index (κ1) is 18.2. The van der Waals surface area contributed by atoms with Crippen LogP contribution >= 0.6 is 0 Å². The molecular formula is C22H30N4O. The molecule has 5 nitrogen and oxygen atoms in total. The number of benzene rings is 1. The molecule has 1 fully saturated rings. The van der Waals surface area contributed by atoms with E-state index in [-0.39, 0.29) is 11.8 Å². The van der Waals surface area contributed by atoms with Crippen LogP contribution in [-0.2, 0) is 37.4 Å². The van der Waals surface area contributed by atoms with Gasteiger partial charge in [-0.15, -0.1) is 0 Å². The monoisotopic (exact) mass is 366 g/mol. The molecule has 1 saturated carbocycles. The minimum absolute atomic E-state index is 0.205. The van der Waals surface area contributed by atoms with Gasteiger partial charge in [-0.1, -0.05) is 44.0 Å². The van der Waals surface area contributed by atoms with Crippen LogP contribution in [0.15, 0.2) is 30.3 Å². The van der Waals surface area contributed by atoms with Crippen molar-refractivity contribution in [2.45, 2.75) is 65.2 Å². The summed E-state index contributed by atoms with van der Waals surface area (Å²) >= 11 is 0. The molecule has 1 aliphatic heterocycles. The molecule has 1 amide bonds. The van der Waals surface area contributed by atoms with E-state index in [0.717, 1.165) is 51.1 Å². The van der Waals surface area contributed by atoms with Crippen LogP contribution in [0, 0.1) is 5.92 Å². The van der Waals surface area contributed by atoms with Gasteiger partial charge in [0.15, 0.2) is 0 Å². The van der Waals surface area contributed by atoms with Gasteiger partial charge < -0.3 is 5.32 Å². The molecule has 0 atom stereocenters. The molecule has 1 aromatic heterocycles. The van der Waals surface area contributed by atoms with Gasteiger partial charge in [-0.05, 0) is 36.5 Å². The van der Waals surface area contributed by atoms with Crippen LogP contribution in [0.2, 0.25) is 0 Å². The maximum absolute atomic E-state index is 12.2. The molecule has 1 aliphatic carbocycles.